The van der Waals surface area contributed by atoms with Crippen LogP contribution in [0.2, 0.25) is 0 Å². The van der Waals surface area contributed by atoms with Crippen molar-refractivity contribution in [2.45, 2.75) is 84.0 Å². The summed E-state index contributed by atoms with van der Waals surface area (Å²) in [6.45, 7) is 4.56. The van der Waals surface area contributed by atoms with Crippen LogP contribution in [0.4, 0.5) is 0 Å². The van der Waals surface area contributed by atoms with Gasteiger partial charge >= 0.3 is 0 Å². The number of unbranched alkanes of at least 4 members (excludes halogenated alkanes) is 7. The van der Waals surface area contributed by atoms with Crippen LogP contribution in [0, 0.1) is 0 Å². The fraction of sp³-hybridized carbons (Fsp3) is 0.520. The van der Waals surface area contributed by atoms with E-state index >= 15 is 0 Å². The number of benzene rings is 2. The molecule has 142 valence electrons. The molecule has 0 fully saturated rings. The third-order valence-corrected chi connectivity index (χ3v) is 5.35. The lowest BCUT2D eigenvalue weighted by Crippen LogP contribution is -1.98. The molecular formula is C25H36O. The summed E-state index contributed by atoms with van der Waals surface area (Å²) in [5.74, 6) is 0.837. The number of phenols is 1. The fourth-order valence-corrected chi connectivity index (χ4v) is 3.58. The van der Waals surface area contributed by atoms with Gasteiger partial charge in [0.25, 0.3) is 0 Å². The smallest absolute Gasteiger partial charge is 0.115 e. The first-order valence-corrected chi connectivity index (χ1v) is 10.6. The van der Waals surface area contributed by atoms with Gasteiger partial charge < -0.3 is 5.11 Å². The van der Waals surface area contributed by atoms with E-state index in [4.69, 9.17) is 0 Å². The highest BCUT2D eigenvalue weighted by Gasteiger charge is 2.07. The lowest BCUT2D eigenvalue weighted by Gasteiger charge is -2.13. The molecule has 0 radical (unpaired) electrons. The number of rotatable bonds is 12. The number of hydrogen-bond donors (Lipinski definition) is 1. The summed E-state index contributed by atoms with van der Waals surface area (Å²) in [6.07, 6.45) is 13.3. The van der Waals surface area contributed by atoms with Crippen molar-refractivity contribution in [2.75, 3.05) is 0 Å². The van der Waals surface area contributed by atoms with Crippen molar-refractivity contribution in [3.8, 4) is 5.75 Å². The van der Waals surface area contributed by atoms with Crippen LogP contribution in [0.15, 0.2) is 48.5 Å². The highest BCUT2D eigenvalue weighted by molar-refractivity contribution is 5.30. The minimum atomic E-state index is 0.340. The summed E-state index contributed by atoms with van der Waals surface area (Å²) in [4.78, 5) is 0. The van der Waals surface area contributed by atoms with Gasteiger partial charge in [0.05, 0.1) is 0 Å². The molecule has 1 heteroatoms. The molecular weight excluding hydrogens is 316 g/mol. The molecule has 1 unspecified atom stereocenters. The van der Waals surface area contributed by atoms with Gasteiger partial charge in [-0.2, -0.15) is 0 Å². The lowest BCUT2D eigenvalue weighted by molar-refractivity contribution is 0.475. The van der Waals surface area contributed by atoms with Gasteiger partial charge in [0.2, 0.25) is 0 Å². The summed E-state index contributed by atoms with van der Waals surface area (Å²) in [6, 6.07) is 16.8. The number of aromatic hydroxyl groups is 1. The third-order valence-electron chi connectivity index (χ3n) is 5.35. The van der Waals surface area contributed by atoms with E-state index in [1.807, 2.05) is 12.1 Å². The minimum Gasteiger partial charge on any atom is -0.508 e. The first-order chi connectivity index (χ1) is 12.7. The molecule has 2 aromatic rings. The molecule has 1 N–H and O–H groups in total. The molecule has 0 aliphatic heterocycles. The number of phenolic OH excluding ortho intramolecular Hbond substituents is 1. The van der Waals surface area contributed by atoms with Gasteiger partial charge in [0, 0.05) is 0 Å². The van der Waals surface area contributed by atoms with Gasteiger partial charge in [-0.15, -0.1) is 0 Å². The standard InChI is InChI=1S/C25H36O/c1-3-4-5-6-7-8-9-10-11-22-12-16-24(17-13-22)21(2)20-23-14-18-25(26)19-15-23/h12-19,21,26H,3-11,20H2,1-2H3. The van der Waals surface area contributed by atoms with Gasteiger partial charge in [-0.05, 0) is 54.0 Å². The first kappa shape index (κ1) is 20.6. The molecule has 0 aliphatic rings. The van der Waals surface area contributed by atoms with Crippen LogP contribution in [-0.2, 0) is 12.8 Å². The maximum atomic E-state index is 9.39. The summed E-state index contributed by atoms with van der Waals surface area (Å²) < 4.78 is 0. The zero-order valence-corrected chi connectivity index (χ0v) is 16.7. The Balaban J connectivity index is 1.68. The first-order valence-electron chi connectivity index (χ1n) is 10.6. The molecule has 0 amide bonds. The molecule has 0 saturated heterocycles. The maximum Gasteiger partial charge on any atom is 0.115 e. The molecule has 1 nitrogen and oxygen atoms in total. The van der Waals surface area contributed by atoms with Crippen LogP contribution in [0.5, 0.6) is 5.75 Å². The Morgan fingerprint density at radius 3 is 1.85 bits per heavy atom. The second-order valence-corrected chi connectivity index (χ2v) is 7.74. The van der Waals surface area contributed by atoms with E-state index in [1.54, 1.807) is 12.1 Å². The van der Waals surface area contributed by atoms with Gasteiger partial charge in [-0.3, -0.25) is 0 Å². The number of aryl methyl sites for hydroxylation is 1. The third kappa shape index (κ3) is 7.64. The zero-order valence-electron chi connectivity index (χ0n) is 16.7. The predicted octanol–water partition coefficient (Wildman–Crippen LogP) is 7.42. The van der Waals surface area contributed by atoms with Crippen LogP contribution in [0.25, 0.3) is 0 Å². The van der Waals surface area contributed by atoms with Crippen LogP contribution in [-0.4, -0.2) is 5.11 Å². The Morgan fingerprint density at radius 2 is 1.23 bits per heavy atom. The van der Waals surface area contributed by atoms with Gasteiger partial charge in [0.15, 0.2) is 0 Å². The van der Waals surface area contributed by atoms with Crippen molar-refractivity contribution in [2.24, 2.45) is 0 Å². The average Bonchev–Trinajstić information content (AvgIpc) is 2.66. The Labute approximate surface area is 160 Å². The van der Waals surface area contributed by atoms with Crippen molar-refractivity contribution >= 4 is 0 Å². The summed E-state index contributed by atoms with van der Waals surface area (Å²) in [5, 5.41) is 9.39. The van der Waals surface area contributed by atoms with Gasteiger partial charge in [-0.25, -0.2) is 0 Å². The monoisotopic (exact) mass is 352 g/mol. The van der Waals surface area contributed by atoms with Crippen molar-refractivity contribution in [1.82, 2.24) is 0 Å². The van der Waals surface area contributed by atoms with Crippen molar-refractivity contribution < 1.29 is 5.11 Å². The Hall–Kier alpha value is -1.76. The van der Waals surface area contributed by atoms with Crippen molar-refractivity contribution in [1.29, 1.82) is 0 Å². The van der Waals surface area contributed by atoms with Crippen LogP contribution in [0.1, 0.15) is 87.8 Å². The Morgan fingerprint density at radius 1 is 0.692 bits per heavy atom. The average molecular weight is 353 g/mol. The van der Waals surface area contributed by atoms with E-state index in [2.05, 4.69) is 38.1 Å². The Bertz CT molecular complexity index is 597. The largest absolute Gasteiger partial charge is 0.508 e. The topological polar surface area (TPSA) is 20.2 Å². The normalized spacial score (nSPS) is 12.2. The summed E-state index contributed by atoms with van der Waals surface area (Å²) in [5.41, 5.74) is 4.15. The van der Waals surface area contributed by atoms with E-state index in [-0.39, 0.29) is 0 Å². The molecule has 2 rings (SSSR count). The van der Waals surface area contributed by atoms with Crippen molar-refractivity contribution in [3.63, 3.8) is 0 Å². The Kier molecular flexibility index (Phi) is 9.31. The van der Waals surface area contributed by atoms with E-state index < -0.39 is 0 Å². The molecule has 0 heterocycles. The van der Waals surface area contributed by atoms with E-state index in [9.17, 15) is 5.11 Å². The molecule has 0 saturated carbocycles. The number of hydrogen-bond acceptors (Lipinski definition) is 1. The summed E-state index contributed by atoms with van der Waals surface area (Å²) >= 11 is 0. The molecule has 0 aliphatic carbocycles. The molecule has 0 aromatic heterocycles. The SMILES string of the molecule is CCCCCCCCCCc1ccc(C(C)Cc2ccc(O)cc2)cc1. The van der Waals surface area contributed by atoms with E-state index in [0.717, 1.165) is 6.42 Å². The molecule has 0 bridgehead atoms. The zero-order chi connectivity index (χ0) is 18.6. The second kappa shape index (κ2) is 11.8. The van der Waals surface area contributed by atoms with Crippen LogP contribution in [0.3, 0.4) is 0 Å². The maximum absolute atomic E-state index is 9.39. The highest BCUT2D eigenvalue weighted by atomic mass is 16.3. The lowest BCUT2D eigenvalue weighted by atomic mass is 9.92. The van der Waals surface area contributed by atoms with Crippen LogP contribution >= 0.6 is 0 Å². The van der Waals surface area contributed by atoms with Gasteiger partial charge in [0.1, 0.15) is 5.75 Å². The van der Waals surface area contributed by atoms with Crippen molar-refractivity contribution in [3.05, 3.63) is 65.2 Å². The highest BCUT2D eigenvalue weighted by Crippen LogP contribution is 2.22. The van der Waals surface area contributed by atoms with Crippen LogP contribution < -0.4 is 0 Å². The molecule has 0 spiro atoms. The van der Waals surface area contributed by atoms with Gasteiger partial charge in [-0.1, -0.05) is 95.2 Å². The summed E-state index contributed by atoms with van der Waals surface area (Å²) in [7, 11) is 0. The molecule has 26 heavy (non-hydrogen) atoms. The quantitative estimate of drug-likeness (QED) is 0.394. The fourth-order valence-electron chi connectivity index (χ4n) is 3.58. The molecule has 2 aromatic carbocycles. The van der Waals surface area contributed by atoms with E-state index in [0.29, 0.717) is 11.7 Å². The predicted molar refractivity (Wildman–Crippen MR) is 113 cm³/mol. The minimum absolute atomic E-state index is 0.340. The molecule has 1 atom stereocenters. The second-order valence-electron chi connectivity index (χ2n) is 7.74. The van der Waals surface area contributed by atoms with E-state index in [1.165, 1.54) is 74.5 Å².